The molecule has 0 bridgehead atoms. The third-order valence-corrected chi connectivity index (χ3v) is 5.91. The van der Waals surface area contributed by atoms with Crippen LogP contribution in [-0.4, -0.2) is 45.5 Å². The van der Waals surface area contributed by atoms with Crippen molar-refractivity contribution in [1.82, 2.24) is 4.90 Å². The van der Waals surface area contributed by atoms with E-state index in [1.54, 1.807) is 17.0 Å². The maximum absolute atomic E-state index is 12.8. The second-order valence-corrected chi connectivity index (χ2v) is 7.80. The van der Waals surface area contributed by atoms with E-state index in [4.69, 9.17) is 5.11 Å². The molecule has 3 rings (SSSR count). The number of thioether (sulfide) groups is 1. The predicted octanol–water partition coefficient (Wildman–Crippen LogP) is 3.08. The minimum Gasteiger partial charge on any atom is -0.478 e. The molecule has 7 heteroatoms. The topological polar surface area (TPSA) is 86.7 Å². The van der Waals surface area contributed by atoms with Crippen LogP contribution in [0, 0.1) is 13.8 Å². The molecule has 1 saturated heterocycles. The van der Waals surface area contributed by atoms with Crippen LogP contribution in [0.25, 0.3) is 0 Å². The minimum atomic E-state index is -1.03. The number of nitrogens with zero attached hydrogens (tertiary/aromatic N) is 1. The van der Waals surface area contributed by atoms with Gasteiger partial charge in [0.1, 0.15) is 6.04 Å². The van der Waals surface area contributed by atoms with Gasteiger partial charge in [0.15, 0.2) is 0 Å². The van der Waals surface area contributed by atoms with E-state index in [9.17, 15) is 14.4 Å². The van der Waals surface area contributed by atoms with Crippen LogP contribution in [0.4, 0.5) is 5.69 Å². The fourth-order valence-corrected chi connectivity index (χ4v) is 4.28. The van der Waals surface area contributed by atoms with E-state index >= 15 is 0 Å². The average molecular weight is 398 g/mol. The molecule has 0 radical (unpaired) electrons. The SMILES string of the molecule is Cc1cccc(NC(=O)C2CSCN2C(=O)Cc2cccc(C(=O)O)c2)c1C. The van der Waals surface area contributed by atoms with Crippen molar-refractivity contribution in [1.29, 1.82) is 0 Å². The lowest BCUT2D eigenvalue weighted by Crippen LogP contribution is -2.45. The molecule has 1 aliphatic heterocycles. The molecule has 0 spiro atoms. The van der Waals surface area contributed by atoms with Crippen molar-refractivity contribution in [2.75, 3.05) is 16.9 Å². The smallest absolute Gasteiger partial charge is 0.335 e. The molecule has 0 aliphatic carbocycles. The Morgan fingerprint density at radius 3 is 2.68 bits per heavy atom. The van der Waals surface area contributed by atoms with Crippen molar-refractivity contribution in [2.24, 2.45) is 0 Å². The molecule has 2 aromatic carbocycles. The summed E-state index contributed by atoms with van der Waals surface area (Å²) < 4.78 is 0. The number of anilines is 1. The molecule has 1 aliphatic rings. The van der Waals surface area contributed by atoms with Crippen molar-refractivity contribution in [3.05, 3.63) is 64.7 Å². The number of carbonyl (C=O) groups is 3. The van der Waals surface area contributed by atoms with Crippen LogP contribution >= 0.6 is 11.8 Å². The summed E-state index contributed by atoms with van der Waals surface area (Å²) in [6.07, 6.45) is 0.0644. The Kier molecular flexibility index (Phi) is 6.04. The lowest BCUT2D eigenvalue weighted by Gasteiger charge is -2.23. The first-order valence-electron chi connectivity index (χ1n) is 8.93. The van der Waals surface area contributed by atoms with Gasteiger partial charge in [-0.3, -0.25) is 9.59 Å². The lowest BCUT2D eigenvalue weighted by molar-refractivity contribution is -0.135. The van der Waals surface area contributed by atoms with Crippen molar-refractivity contribution in [3.8, 4) is 0 Å². The van der Waals surface area contributed by atoms with E-state index < -0.39 is 12.0 Å². The molecule has 146 valence electrons. The van der Waals surface area contributed by atoms with Crippen LogP contribution < -0.4 is 5.32 Å². The molecular weight excluding hydrogens is 376 g/mol. The normalized spacial score (nSPS) is 16.1. The number of benzene rings is 2. The highest BCUT2D eigenvalue weighted by molar-refractivity contribution is 7.99. The Hall–Kier alpha value is -2.80. The standard InChI is InChI=1S/C21H22N2O4S/c1-13-5-3-8-17(14(13)2)22-20(25)18-11-28-12-23(18)19(24)10-15-6-4-7-16(9-15)21(26)27/h3-9,18H,10-12H2,1-2H3,(H,22,25)(H,26,27). The number of rotatable bonds is 5. The highest BCUT2D eigenvalue weighted by Crippen LogP contribution is 2.25. The van der Waals surface area contributed by atoms with E-state index in [0.717, 1.165) is 16.8 Å². The van der Waals surface area contributed by atoms with Crippen molar-refractivity contribution in [3.63, 3.8) is 0 Å². The summed E-state index contributed by atoms with van der Waals surface area (Å²) in [5.41, 5.74) is 3.61. The Bertz CT molecular complexity index is 928. The Labute approximate surface area is 167 Å². The van der Waals surface area contributed by atoms with Gasteiger partial charge in [0.25, 0.3) is 0 Å². The zero-order valence-electron chi connectivity index (χ0n) is 15.8. The Balaban J connectivity index is 1.70. The van der Waals surface area contributed by atoms with Gasteiger partial charge in [-0.25, -0.2) is 4.79 Å². The fraction of sp³-hybridized carbons (Fsp3) is 0.286. The molecule has 28 heavy (non-hydrogen) atoms. The van der Waals surface area contributed by atoms with Crippen LogP contribution in [0.5, 0.6) is 0 Å². The van der Waals surface area contributed by atoms with Crippen molar-refractivity contribution >= 4 is 35.2 Å². The molecule has 0 aromatic heterocycles. The fourth-order valence-electron chi connectivity index (χ4n) is 3.10. The minimum absolute atomic E-state index is 0.0644. The lowest BCUT2D eigenvalue weighted by atomic mass is 10.1. The molecule has 1 fully saturated rings. The summed E-state index contributed by atoms with van der Waals surface area (Å²) in [6, 6.07) is 11.5. The maximum atomic E-state index is 12.8. The summed E-state index contributed by atoms with van der Waals surface area (Å²) in [5, 5.41) is 12.0. The van der Waals surface area contributed by atoms with Gasteiger partial charge in [-0.15, -0.1) is 11.8 Å². The van der Waals surface area contributed by atoms with Gasteiger partial charge in [0.05, 0.1) is 17.9 Å². The Morgan fingerprint density at radius 2 is 1.93 bits per heavy atom. The summed E-state index contributed by atoms with van der Waals surface area (Å²) in [7, 11) is 0. The largest absolute Gasteiger partial charge is 0.478 e. The monoisotopic (exact) mass is 398 g/mol. The molecule has 0 saturated carbocycles. The molecular formula is C21H22N2O4S. The molecule has 1 atom stereocenters. The van der Waals surface area contributed by atoms with E-state index in [1.807, 2.05) is 32.0 Å². The summed E-state index contributed by atoms with van der Waals surface area (Å²) in [6.45, 7) is 3.93. The predicted molar refractivity (Wildman–Crippen MR) is 110 cm³/mol. The molecule has 6 nitrogen and oxygen atoms in total. The molecule has 2 aromatic rings. The van der Waals surface area contributed by atoms with Gasteiger partial charge in [-0.2, -0.15) is 0 Å². The third kappa shape index (κ3) is 4.36. The van der Waals surface area contributed by atoms with E-state index in [-0.39, 0.29) is 23.8 Å². The third-order valence-electron chi connectivity index (χ3n) is 4.90. The summed E-state index contributed by atoms with van der Waals surface area (Å²) in [4.78, 5) is 38.2. The summed E-state index contributed by atoms with van der Waals surface area (Å²) >= 11 is 1.53. The number of carboxylic acid groups (broad SMARTS) is 1. The number of carboxylic acids is 1. The van der Waals surface area contributed by atoms with Gasteiger partial charge < -0.3 is 15.3 Å². The maximum Gasteiger partial charge on any atom is 0.335 e. The highest BCUT2D eigenvalue weighted by atomic mass is 32.2. The average Bonchev–Trinajstić information content (AvgIpc) is 3.16. The van der Waals surface area contributed by atoms with Crippen LogP contribution in [-0.2, 0) is 16.0 Å². The van der Waals surface area contributed by atoms with E-state index in [0.29, 0.717) is 17.2 Å². The second-order valence-electron chi connectivity index (χ2n) is 6.80. The number of nitrogens with one attached hydrogen (secondary N) is 1. The highest BCUT2D eigenvalue weighted by Gasteiger charge is 2.34. The molecule has 2 amide bonds. The number of hydrogen-bond donors (Lipinski definition) is 2. The summed E-state index contributed by atoms with van der Waals surface area (Å²) in [5.74, 6) is -0.434. The zero-order chi connectivity index (χ0) is 20.3. The van der Waals surface area contributed by atoms with Gasteiger partial charge in [0, 0.05) is 11.4 Å². The first-order chi connectivity index (χ1) is 13.4. The van der Waals surface area contributed by atoms with Crippen LogP contribution in [0.2, 0.25) is 0 Å². The van der Waals surface area contributed by atoms with E-state index in [2.05, 4.69) is 5.32 Å². The molecule has 1 unspecified atom stereocenters. The van der Waals surface area contributed by atoms with Gasteiger partial charge in [0.2, 0.25) is 11.8 Å². The Morgan fingerprint density at radius 1 is 1.18 bits per heavy atom. The second kappa shape index (κ2) is 8.48. The van der Waals surface area contributed by atoms with Crippen molar-refractivity contribution in [2.45, 2.75) is 26.3 Å². The zero-order valence-corrected chi connectivity index (χ0v) is 16.6. The number of hydrogen-bond acceptors (Lipinski definition) is 4. The first kappa shape index (κ1) is 19.9. The van der Waals surface area contributed by atoms with Crippen molar-refractivity contribution < 1.29 is 19.5 Å². The van der Waals surface area contributed by atoms with Crippen LogP contribution in [0.15, 0.2) is 42.5 Å². The first-order valence-corrected chi connectivity index (χ1v) is 10.1. The number of amides is 2. The number of aromatic carboxylic acids is 1. The van der Waals surface area contributed by atoms with Gasteiger partial charge in [-0.05, 0) is 48.7 Å². The van der Waals surface area contributed by atoms with Gasteiger partial charge >= 0.3 is 5.97 Å². The van der Waals surface area contributed by atoms with Crippen LogP contribution in [0.3, 0.4) is 0 Å². The number of carbonyl (C=O) groups excluding carboxylic acids is 2. The quantitative estimate of drug-likeness (QED) is 0.808. The number of aryl methyl sites for hydroxylation is 1. The molecule has 2 N–H and O–H groups in total. The van der Waals surface area contributed by atoms with Crippen LogP contribution in [0.1, 0.15) is 27.0 Å². The molecule has 1 heterocycles. The van der Waals surface area contributed by atoms with Gasteiger partial charge in [-0.1, -0.05) is 24.3 Å². The van der Waals surface area contributed by atoms with E-state index in [1.165, 1.54) is 23.9 Å².